The van der Waals surface area contributed by atoms with Crippen LogP contribution in [0, 0.1) is 12.3 Å². The Morgan fingerprint density at radius 3 is 2.54 bits per heavy atom. The Kier molecular flexibility index (Phi) is 9.10. The second-order valence-electron chi connectivity index (χ2n) is 15.9. The summed E-state index contributed by atoms with van der Waals surface area (Å²) in [6.45, 7) is 6.64. The third-order valence-corrected chi connectivity index (χ3v) is 13.6. The summed E-state index contributed by atoms with van der Waals surface area (Å²) in [7, 11) is 1.49. The van der Waals surface area contributed by atoms with Gasteiger partial charge in [0.05, 0.1) is 17.8 Å². The fourth-order valence-corrected chi connectivity index (χ4v) is 10.5. The van der Waals surface area contributed by atoms with Gasteiger partial charge in [-0.05, 0) is 109 Å². The van der Waals surface area contributed by atoms with Gasteiger partial charge in [-0.15, -0.1) is 0 Å². The molecule has 4 aliphatic rings. The number of nitrogens with one attached hydrogen (secondary N) is 1. The number of amides is 1. The number of likely N-dealkylation sites (tertiary alicyclic amines) is 1. The molecule has 15 heteroatoms. The van der Waals surface area contributed by atoms with Gasteiger partial charge in [-0.3, -0.25) is 14.1 Å². The maximum Gasteiger partial charge on any atom is 0.422 e. The zero-order valence-corrected chi connectivity index (χ0v) is 31.7. The molecule has 3 saturated heterocycles. The average Bonchev–Trinajstić information content (AvgIpc) is 3.85. The molecule has 11 nitrogen and oxygen atoms in total. The normalized spacial score (nSPS) is 24.3. The van der Waals surface area contributed by atoms with Crippen molar-refractivity contribution < 1.29 is 31.6 Å². The fraction of sp³-hybridized carbons (Fsp3) is 0.513. The van der Waals surface area contributed by atoms with E-state index in [-0.39, 0.29) is 40.6 Å². The molecule has 1 aliphatic carbocycles. The lowest BCUT2D eigenvalue weighted by atomic mass is 9.72. The number of carbonyl (C=O) groups is 1. The maximum absolute atomic E-state index is 14.1. The Bertz CT molecular complexity index is 2240. The van der Waals surface area contributed by atoms with Gasteiger partial charge < -0.3 is 24.2 Å². The number of aromatic amines is 1. The summed E-state index contributed by atoms with van der Waals surface area (Å²) in [6.07, 6.45) is 1.87. The molecule has 288 valence electrons. The lowest BCUT2D eigenvalue weighted by Crippen LogP contribution is -2.61. The van der Waals surface area contributed by atoms with Crippen LogP contribution in [0.3, 0.4) is 0 Å². The van der Waals surface area contributed by atoms with E-state index in [9.17, 15) is 22.2 Å². The van der Waals surface area contributed by atoms with Crippen molar-refractivity contribution in [3.05, 3.63) is 48.2 Å². The molecule has 1 saturated carbocycles. The van der Waals surface area contributed by atoms with Gasteiger partial charge in [0.15, 0.2) is 12.4 Å². The molecule has 2 aromatic heterocycles. The number of fused-ring (bicyclic) bond motifs is 2. The number of alkyl halides is 3. The van der Waals surface area contributed by atoms with E-state index in [1.165, 1.54) is 6.08 Å². The maximum atomic E-state index is 14.1. The summed E-state index contributed by atoms with van der Waals surface area (Å²) in [5, 5.41) is 8.66. The first-order chi connectivity index (χ1) is 25.6. The van der Waals surface area contributed by atoms with E-state index < -0.39 is 28.4 Å². The molecule has 1 unspecified atom stereocenters. The number of rotatable bonds is 9. The van der Waals surface area contributed by atoms with Crippen LogP contribution in [-0.4, -0.2) is 123 Å². The van der Waals surface area contributed by atoms with Gasteiger partial charge in [-0.25, -0.2) is 0 Å². The molecular weight excluding hydrogens is 720 g/mol. The van der Waals surface area contributed by atoms with Crippen molar-refractivity contribution in [1.82, 2.24) is 30.0 Å². The van der Waals surface area contributed by atoms with Crippen molar-refractivity contribution in [1.29, 1.82) is 0 Å². The van der Waals surface area contributed by atoms with E-state index in [0.717, 1.165) is 53.3 Å². The number of H-pyrrole nitrogens is 1. The molecule has 4 aromatic rings. The Morgan fingerprint density at radius 2 is 1.87 bits per heavy atom. The number of hydrogen-bond acceptors (Lipinski definition) is 9. The molecule has 54 heavy (non-hydrogen) atoms. The van der Waals surface area contributed by atoms with Crippen LogP contribution in [0.1, 0.15) is 49.1 Å². The molecule has 1 amide bonds. The first-order valence-electron chi connectivity index (χ1n) is 18.5. The predicted octanol–water partition coefficient (Wildman–Crippen LogP) is 5.71. The van der Waals surface area contributed by atoms with Crippen LogP contribution >= 0.6 is 0 Å². The molecule has 1 spiro atoms. The largest absolute Gasteiger partial charge is 0.481 e. The first kappa shape index (κ1) is 36.6. The Balaban J connectivity index is 1.30. The van der Waals surface area contributed by atoms with Crippen LogP contribution in [0.15, 0.2) is 37.1 Å². The van der Waals surface area contributed by atoms with Crippen LogP contribution in [0.2, 0.25) is 0 Å². The van der Waals surface area contributed by atoms with Crippen LogP contribution in [0.5, 0.6) is 11.8 Å². The SMILES string of the molecule is C=CC(=O)N1CC2(CCN(c3nc(O[C@H]4CCS(=C)(=O)C[C@@H]4N(C)C)nc4c(OCC(F)(F)F)c(-c5c(C)ccc6[nH]ncc56)c(C5CC5)cc34)CC2)C1. The molecular formula is C39H46F3N7O4S. The molecule has 0 bridgehead atoms. The first-order valence-corrected chi connectivity index (χ1v) is 20.5. The lowest BCUT2D eigenvalue weighted by molar-refractivity contribution is -0.153. The molecule has 8 rings (SSSR count). The van der Waals surface area contributed by atoms with Gasteiger partial charge in [-0.2, -0.15) is 28.2 Å². The van der Waals surface area contributed by atoms with Crippen molar-refractivity contribution >= 4 is 48.9 Å². The Labute approximate surface area is 312 Å². The summed E-state index contributed by atoms with van der Waals surface area (Å²) in [5.74, 6) is 5.35. The summed E-state index contributed by atoms with van der Waals surface area (Å²) in [6, 6.07) is 5.69. The number of nitrogens with zero attached hydrogens (tertiary/aromatic N) is 6. The number of hydrogen-bond donors (Lipinski definition) is 1. The monoisotopic (exact) mass is 765 g/mol. The van der Waals surface area contributed by atoms with Crippen LogP contribution in [0.25, 0.3) is 32.9 Å². The van der Waals surface area contributed by atoms with Crippen LogP contribution < -0.4 is 14.4 Å². The highest BCUT2D eigenvalue weighted by molar-refractivity contribution is 8.00. The minimum atomic E-state index is -4.61. The zero-order valence-electron chi connectivity index (χ0n) is 30.9. The zero-order chi connectivity index (χ0) is 38.2. The third kappa shape index (κ3) is 6.89. The number of aromatic nitrogens is 4. The highest BCUT2D eigenvalue weighted by Crippen LogP contribution is 2.53. The molecule has 1 N–H and O–H groups in total. The summed E-state index contributed by atoms with van der Waals surface area (Å²) < 4.78 is 68.0. The molecule has 3 aliphatic heterocycles. The molecule has 5 heterocycles. The topological polar surface area (TPSA) is 117 Å². The average molecular weight is 766 g/mol. The fourth-order valence-electron chi connectivity index (χ4n) is 8.58. The van der Waals surface area contributed by atoms with Gasteiger partial charge in [-0.1, -0.05) is 12.6 Å². The number of likely N-dealkylation sites (N-methyl/N-ethyl adjacent to an activating group) is 1. The minimum absolute atomic E-state index is 0.00611. The van der Waals surface area contributed by atoms with Gasteiger partial charge in [0.25, 0.3) is 0 Å². The number of ether oxygens (including phenoxy) is 2. The summed E-state index contributed by atoms with van der Waals surface area (Å²) >= 11 is 0. The predicted molar refractivity (Wildman–Crippen MR) is 205 cm³/mol. The number of aryl methyl sites for hydroxylation is 1. The van der Waals surface area contributed by atoms with E-state index in [0.29, 0.717) is 60.9 Å². The van der Waals surface area contributed by atoms with Crippen molar-refractivity contribution in [2.75, 3.05) is 63.3 Å². The Morgan fingerprint density at radius 1 is 1.13 bits per heavy atom. The van der Waals surface area contributed by atoms with E-state index >= 15 is 0 Å². The standard InChI is InChI=1S/C39H46F3N7O4S/c1-6-31(50)49-20-38(21-49)12-14-48(15-13-38)36-26-17-25(24-8-9-24)33(32-23(2)7-10-28-27(32)18-43-46-28)35(52-22-39(40,41)42)34(26)44-37(45-36)53-30-11-16-54(5,51)19-29(30)47(3)4/h6-7,10,17-18,24,29-30H,1,5,8-9,11-16,19-22H2,2-4H3,(H,43,46)/t29-,30-,54?/m0/s1. The number of carbonyl (C=O) groups excluding carboxylic acids is 1. The number of piperidine rings is 1. The minimum Gasteiger partial charge on any atom is -0.481 e. The molecule has 4 fully saturated rings. The number of benzene rings is 2. The second kappa shape index (κ2) is 13.4. The summed E-state index contributed by atoms with van der Waals surface area (Å²) in [4.78, 5) is 28.2. The molecule has 2 aromatic carbocycles. The van der Waals surface area contributed by atoms with E-state index in [4.69, 9.17) is 19.4 Å². The highest BCUT2D eigenvalue weighted by Gasteiger charge is 2.47. The van der Waals surface area contributed by atoms with Gasteiger partial charge >= 0.3 is 12.2 Å². The Hall–Kier alpha value is -4.37. The molecule has 0 radical (unpaired) electrons. The smallest absolute Gasteiger partial charge is 0.422 e. The van der Waals surface area contributed by atoms with Crippen LogP contribution in [0.4, 0.5) is 19.0 Å². The van der Waals surface area contributed by atoms with Gasteiger partial charge in [0.2, 0.25) is 5.91 Å². The van der Waals surface area contributed by atoms with E-state index in [2.05, 4.69) is 33.6 Å². The van der Waals surface area contributed by atoms with Crippen LogP contribution in [-0.2, 0) is 14.3 Å². The van der Waals surface area contributed by atoms with Crippen molar-refractivity contribution in [3.8, 4) is 22.9 Å². The second-order valence-corrected chi connectivity index (χ2v) is 18.5. The number of anilines is 1. The lowest BCUT2D eigenvalue weighted by Gasteiger charge is -2.54. The molecule has 3 atom stereocenters. The van der Waals surface area contributed by atoms with E-state index in [1.807, 2.05) is 38.1 Å². The van der Waals surface area contributed by atoms with Crippen molar-refractivity contribution in [2.45, 2.75) is 63.3 Å². The highest BCUT2D eigenvalue weighted by atomic mass is 32.2. The van der Waals surface area contributed by atoms with Gasteiger partial charge in [0, 0.05) is 59.4 Å². The van der Waals surface area contributed by atoms with Gasteiger partial charge in [0.1, 0.15) is 17.4 Å². The van der Waals surface area contributed by atoms with Crippen molar-refractivity contribution in [3.63, 3.8) is 0 Å². The number of halogens is 3. The van der Waals surface area contributed by atoms with Crippen molar-refractivity contribution in [2.24, 2.45) is 5.41 Å². The van der Waals surface area contributed by atoms with E-state index in [1.54, 1.807) is 11.1 Å². The third-order valence-electron chi connectivity index (χ3n) is 11.7. The summed E-state index contributed by atoms with van der Waals surface area (Å²) in [5.41, 5.74) is 4.08. The quantitative estimate of drug-likeness (QED) is 0.169.